The van der Waals surface area contributed by atoms with Crippen LogP contribution in [0, 0.1) is 0 Å². The number of hydrogen-bond donors (Lipinski definition) is 3. The number of carboxylic acid groups (broad SMARTS) is 1. The first kappa shape index (κ1) is 12.8. The molecule has 5 nitrogen and oxygen atoms in total. The molecule has 0 aliphatic rings. The van der Waals surface area contributed by atoms with E-state index in [0.717, 1.165) is 16.5 Å². The first-order valence-electron chi connectivity index (χ1n) is 5.13. The van der Waals surface area contributed by atoms with E-state index in [2.05, 4.69) is 10.3 Å². The van der Waals surface area contributed by atoms with E-state index in [0.29, 0.717) is 0 Å². The van der Waals surface area contributed by atoms with Crippen molar-refractivity contribution in [2.45, 2.75) is 12.5 Å². The van der Waals surface area contributed by atoms with E-state index >= 15 is 0 Å². The Morgan fingerprint density at radius 2 is 2.17 bits per heavy atom. The molecule has 1 atom stereocenters. The molecule has 0 aliphatic carbocycles. The van der Waals surface area contributed by atoms with Gasteiger partial charge in [0.1, 0.15) is 6.04 Å². The number of benzene rings is 1. The predicted octanol–water partition coefficient (Wildman–Crippen LogP) is 0.820. The Kier molecular flexibility index (Phi) is 3.66. The number of hydrogen-bond acceptors (Lipinski definition) is 2. The molecule has 2 rings (SSSR count). The molecule has 0 radical (unpaired) electrons. The van der Waals surface area contributed by atoms with Crippen LogP contribution >= 0.6 is 0 Å². The van der Waals surface area contributed by atoms with Crippen molar-refractivity contribution in [1.29, 1.82) is 0 Å². The largest absolute Gasteiger partial charge is 0.520 e. The molecule has 0 saturated heterocycles. The molecule has 1 aromatic carbocycles. The maximum absolute atomic E-state index is 10.9. The smallest absolute Gasteiger partial charge is 0.323 e. The first-order chi connectivity index (χ1) is 8.22. The number of rotatable bonds is 5. The van der Waals surface area contributed by atoms with Crippen LogP contribution in [0.2, 0.25) is 0 Å². The normalized spacial score (nSPS) is 11.6. The standard InChI is InChI=1S/C12H11N2O3.Fm/c15-7-14-11(12(16)17)5-8-6-13-10-4-2-1-3-9(8)10;/h1-4,6,11,13H,5H2,(H,14,15)(H,16,17);/q-1;. The number of aromatic nitrogens is 1. The molecule has 0 saturated carbocycles. The number of amides is 1. The monoisotopic (exact) mass is 488 g/mol. The third kappa shape index (κ3) is 2.27. The molecule has 1 heterocycles. The van der Waals surface area contributed by atoms with Crippen molar-refractivity contribution >= 4 is 23.3 Å². The van der Waals surface area contributed by atoms with Crippen molar-refractivity contribution in [2.75, 3.05) is 0 Å². The molecule has 100 valence electrons. The third-order valence-electron chi connectivity index (χ3n) is 2.63. The zero-order valence-electron chi connectivity index (χ0n) is 9.22. The summed E-state index contributed by atoms with van der Waals surface area (Å²) in [4.78, 5) is 24.2. The molecule has 0 bridgehead atoms. The topological polar surface area (TPSA) is 82.2 Å². The summed E-state index contributed by atoms with van der Waals surface area (Å²) in [6, 6.07) is 6.65. The Labute approximate surface area is 97.4 Å². The molecule has 2 aromatic rings. The minimum absolute atomic E-state index is 0. The van der Waals surface area contributed by atoms with Crippen LogP contribution in [-0.4, -0.2) is 28.5 Å². The number of carboxylic acids is 1. The zero-order valence-corrected chi connectivity index (χ0v) is 11.6. The number of aromatic amines is 1. The fraction of sp³-hybridized carbons (Fsp3) is 0.167. The SMILES string of the molecule is O=[C-]NC(Cc1c[nH]c2ccccc12)C(=O)O.[Fm]. The van der Waals surface area contributed by atoms with Gasteiger partial charge < -0.3 is 20.2 Å². The van der Waals surface area contributed by atoms with Gasteiger partial charge in [-0.15, -0.1) is 0 Å². The molecule has 1 aromatic heterocycles. The summed E-state index contributed by atoms with van der Waals surface area (Å²) in [6.45, 7) is 0. The quantitative estimate of drug-likeness (QED) is 0.431. The van der Waals surface area contributed by atoms with Gasteiger partial charge in [-0.25, -0.2) is 0 Å². The second-order valence-corrected chi connectivity index (χ2v) is 3.70. The van der Waals surface area contributed by atoms with E-state index in [1.54, 1.807) is 6.20 Å². The van der Waals surface area contributed by atoms with Gasteiger partial charge in [-0.2, -0.15) is 6.41 Å². The van der Waals surface area contributed by atoms with Crippen LogP contribution in [0.5, 0.6) is 0 Å². The van der Waals surface area contributed by atoms with Gasteiger partial charge in [-0.1, -0.05) is 18.2 Å². The molecule has 0 spiro atoms. The molecule has 6 heteroatoms. The van der Waals surface area contributed by atoms with E-state index in [9.17, 15) is 9.59 Å². The van der Waals surface area contributed by atoms with Crippen LogP contribution in [0.25, 0.3) is 10.9 Å². The van der Waals surface area contributed by atoms with Crippen LogP contribution in [0.4, 0.5) is 0 Å². The zero-order chi connectivity index (χ0) is 12.3. The number of nitrogens with one attached hydrogen (secondary N) is 2. The maximum Gasteiger partial charge on any atom is 0.323 e. The van der Waals surface area contributed by atoms with Crippen LogP contribution in [0.1, 0.15) is 5.56 Å². The summed E-state index contributed by atoms with van der Waals surface area (Å²) in [5, 5.41) is 12.1. The van der Waals surface area contributed by atoms with Crippen molar-refractivity contribution in [1.82, 2.24) is 10.3 Å². The van der Waals surface area contributed by atoms with Crippen molar-refractivity contribution < 1.29 is 14.7 Å². The Balaban J connectivity index is 0.00000162. The number of H-pyrrole nitrogens is 1. The van der Waals surface area contributed by atoms with Crippen molar-refractivity contribution in [2.24, 2.45) is 0 Å². The van der Waals surface area contributed by atoms with Gasteiger partial charge in [-0.3, -0.25) is 4.79 Å². The van der Waals surface area contributed by atoms with Crippen LogP contribution in [-0.2, 0) is 16.0 Å². The van der Waals surface area contributed by atoms with E-state index in [1.807, 2.05) is 24.3 Å². The molecule has 18 heavy (non-hydrogen) atoms. The van der Waals surface area contributed by atoms with E-state index in [4.69, 9.17) is 5.11 Å². The summed E-state index contributed by atoms with van der Waals surface area (Å²) < 4.78 is 0. The summed E-state index contributed by atoms with van der Waals surface area (Å²) in [5.74, 6) is -1.07. The molecular weight excluding hydrogens is 477 g/mol. The molecule has 1 unspecified atom stereocenters. The van der Waals surface area contributed by atoms with Gasteiger partial charge in [0.05, 0.1) is 0 Å². The van der Waals surface area contributed by atoms with E-state index < -0.39 is 12.0 Å². The fourth-order valence-electron chi connectivity index (χ4n) is 1.79. The summed E-state index contributed by atoms with van der Waals surface area (Å²) in [7, 11) is 0. The summed E-state index contributed by atoms with van der Waals surface area (Å²) in [6.07, 6.45) is 3.41. The predicted molar refractivity (Wildman–Crippen MR) is 62.3 cm³/mol. The van der Waals surface area contributed by atoms with Gasteiger partial charge in [0.25, 0.3) is 0 Å². The minimum atomic E-state index is -1.07. The average Bonchev–Trinajstić information content (AvgIpc) is 2.72. The van der Waals surface area contributed by atoms with Gasteiger partial charge in [-0.05, 0) is 11.6 Å². The van der Waals surface area contributed by atoms with Crippen molar-refractivity contribution in [3.05, 3.63) is 36.0 Å². The molecule has 0 fully saturated rings. The van der Waals surface area contributed by atoms with Crippen LogP contribution in [0.3, 0.4) is 0 Å². The number of carbonyl (C=O) groups is 1. The Hall–Kier alpha value is -3.30. The molecule has 3 N–H and O–H groups in total. The number of fused-ring (bicyclic) bond motifs is 1. The third-order valence-corrected chi connectivity index (χ3v) is 2.63. The van der Waals surface area contributed by atoms with Crippen LogP contribution in [0.15, 0.2) is 30.5 Å². The van der Waals surface area contributed by atoms with Crippen molar-refractivity contribution in [3.63, 3.8) is 0 Å². The first-order valence-corrected chi connectivity index (χ1v) is 5.13. The summed E-state index contributed by atoms with van der Waals surface area (Å²) in [5.41, 5.74) is 1.80. The van der Waals surface area contributed by atoms with E-state index in [1.165, 1.54) is 6.41 Å². The number of carbonyl (C=O) groups excluding carboxylic acids is 1. The van der Waals surface area contributed by atoms with Gasteiger partial charge >= 0.3 is 5.97 Å². The Morgan fingerprint density at radius 3 is 2.83 bits per heavy atom. The van der Waals surface area contributed by atoms with Crippen LogP contribution < -0.4 is 5.32 Å². The fourth-order valence-corrected chi connectivity index (χ4v) is 1.79. The van der Waals surface area contributed by atoms with Gasteiger partial charge in [0.2, 0.25) is 0 Å². The Morgan fingerprint density at radius 1 is 1.44 bits per heavy atom. The molecular formula is C12H11FmN2O3-. The second kappa shape index (κ2) is 5.16. The van der Waals surface area contributed by atoms with Gasteiger partial charge in [0, 0.05) is 23.5 Å². The molecule has 0 aliphatic heterocycles. The van der Waals surface area contributed by atoms with Gasteiger partial charge in [0.15, 0.2) is 0 Å². The number of para-hydroxylation sites is 1. The molecule has 1 amide bonds. The summed E-state index contributed by atoms with van der Waals surface area (Å²) >= 11 is 0. The number of aliphatic carboxylic acids is 1. The maximum atomic E-state index is 10.9. The second-order valence-electron chi connectivity index (χ2n) is 3.70. The van der Waals surface area contributed by atoms with Crippen molar-refractivity contribution in [3.8, 4) is 0 Å². The Bertz CT molecular complexity index is 553. The minimum Gasteiger partial charge on any atom is -0.520 e. The average molecular weight is 488 g/mol. The van der Waals surface area contributed by atoms with E-state index in [-0.39, 0.29) is 6.42 Å².